The van der Waals surface area contributed by atoms with Gasteiger partial charge in [-0.2, -0.15) is 0 Å². The lowest BCUT2D eigenvalue weighted by atomic mass is 9.89. The van der Waals surface area contributed by atoms with Crippen molar-refractivity contribution in [2.24, 2.45) is 5.92 Å². The highest BCUT2D eigenvalue weighted by Crippen LogP contribution is 2.34. The molecule has 3 heterocycles. The van der Waals surface area contributed by atoms with Crippen molar-refractivity contribution in [1.82, 2.24) is 25.1 Å². The highest BCUT2D eigenvalue weighted by molar-refractivity contribution is 7.10. The molecule has 1 aliphatic rings. The lowest BCUT2D eigenvalue weighted by molar-refractivity contribution is 0.145. The number of ether oxygens (including phenoxy) is 1. The fraction of sp³-hybridized carbons (Fsp3) is 0.346. The SMILES string of the molecule is COc1ccc(Cn2nnnc2C(c2cccs2)N2CCC(Cc3ccccc3)CC2)cc1. The molecule has 33 heavy (non-hydrogen) atoms. The fourth-order valence-corrected chi connectivity index (χ4v) is 5.56. The Morgan fingerprint density at radius 2 is 1.76 bits per heavy atom. The monoisotopic (exact) mass is 459 g/mol. The average molecular weight is 460 g/mol. The van der Waals surface area contributed by atoms with Crippen LogP contribution in [-0.4, -0.2) is 45.3 Å². The van der Waals surface area contributed by atoms with Crippen LogP contribution in [0.4, 0.5) is 0 Å². The van der Waals surface area contributed by atoms with Crippen molar-refractivity contribution in [1.29, 1.82) is 0 Å². The molecule has 0 amide bonds. The number of hydrogen-bond donors (Lipinski definition) is 0. The molecule has 0 saturated carbocycles. The predicted octanol–water partition coefficient (Wildman–Crippen LogP) is 4.84. The molecule has 1 saturated heterocycles. The van der Waals surface area contributed by atoms with Crippen LogP contribution < -0.4 is 4.74 Å². The lowest BCUT2D eigenvalue weighted by Crippen LogP contribution is -2.38. The van der Waals surface area contributed by atoms with E-state index < -0.39 is 0 Å². The molecule has 0 bridgehead atoms. The van der Waals surface area contributed by atoms with E-state index in [1.165, 1.54) is 23.3 Å². The minimum absolute atomic E-state index is 0.0796. The van der Waals surface area contributed by atoms with Crippen LogP contribution in [0, 0.1) is 5.92 Å². The maximum absolute atomic E-state index is 5.29. The summed E-state index contributed by atoms with van der Waals surface area (Å²) in [6.07, 6.45) is 3.54. The second-order valence-electron chi connectivity index (χ2n) is 8.63. The van der Waals surface area contributed by atoms with Crippen LogP contribution >= 0.6 is 11.3 Å². The van der Waals surface area contributed by atoms with E-state index in [9.17, 15) is 0 Å². The molecule has 1 atom stereocenters. The molecule has 2 aromatic heterocycles. The molecular weight excluding hydrogens is 430 g/mol. The van der Waals surface area contributed by atoms with Crippen molar-refractivity contribution in [3.8, 4) is 5.75 Å². The molecular formula is C26H29N5OS. The third kappa shape index (κ3) is 5.15. The van der Waals surface area contributed by atoms with Crippen LogP contribution in [0.5, 0.6) is 5.75 Å². The number of methoxy groups -OCH3 is 1. The number of likely N-dealkylation sites (tertiary alicyclic amines) is 1. The number of aromatic nitrogens is 4. The smallest absolute Gasteiger partial charge is 0.174 e. The van der Waals surface area contributed by atoms with Gasteiger partial charge in [0, 0.05) is 4.88 Å². The minimum atomic E-state index is 0.0796. The van der Waals surface area contributed by atoms with E-state index in [4.69, 9.17) is 4.74 Å². The van der Waals surface area contributed by atoms with E-state index in [0.717, 1.165) is 42.6 Å². The van der Waals surface area contributed by atoms with E-state index >= 15 is 0 Å². The molecule has 0 N–H and O–H groups in total. The van der Waals surface area contributed by atoms with Gasteiger partial charge >= 0.3 is 0 Å². The summed E-state index contributed by atoms with van der Waals surface area (Å²) in [5, 5.41) is 15.1. The fourth-order valence-electron chi connectivity index (χ4n) is 4.70. The Morgan fingerprint density at radius 1 is 0.970 bits per heavy atom. The van der Waals surface area contributed by atoms with Gasteiger partial charge in [0.05, 0.1) is 13.7 Å². The van der Waals surface area contributed by atoms with Crippen LogP contribution in [0.1, 0.15) is 40.7 Å². The molecule has 1 aliphatic heterocycles. The van der Waals surface area contributed by atoms with Crippen LogP contribution in [-0.2, 0) is 13.0 Å². The third-order valence-electron chi connectivity index (χ3n) is 6.49. The second kappa shape index (κ2) is 10.3. The van der Waals surface area contributed by atoms with E-state index in [0.29, 0.717) is 6.54 Å². The molecule has 6 nitrogen and oxygen atoms in total. The Kier molecular flexibility index (Phi) is 6.79. The first-order chi connectivity index (χ1) is 16.3. The number of tetrazole rings is 1. The minimum Gasteiger partial charge on any atom is -0.497 e. The highest BCUT2D eigenvalue weighted by Gasteiger charge is 2.31. The molecule has 4 aromatic rings. The number of piperidine rings is 1. The molecule has 5 rings (SSSR count). The topological polar surface area (TPSA) is 56.1 Å². The lowest BCUT2D eigenvalue weighted by Gasteiger charge is -2.36. The van der Waals surface area contributed by atoms with Crippen LogP contribution in [0.2, 0.25) is 0 Å². The predicted molar refractivity (Wildman–Crippen MR) is 131 cm³/mol. The second-order valence-corrected chi connectivity index (χ2v) is 9.61. The Balaban J connectivity index is 1.33. The molecule has 7 heteroatoms. The average Bonchev–Trinajstić information content (AvgIpc) is 3.55. The Bertz CT molecular complexity index is 1120. The molecule has 0 radical (unpaired) electrons. The summed E-state index contributed by atoms with van der Waals surface area (Å²) in [6, 6.07) is 23.4. The Labute approximate surface area is 198 Å². The summed E-state index contributed by atoms with van der Waals surface area (Å²) >= 11 is 1.78. The van der Waals surface area contributed by atoms with E-state index in [1.54, 1.807) is 18.4 Å². The van der Waals surface area contributed by atoms with Gasteiger partial charge in [-0.3, -0.25) is 4.90 Å². The standard InChI is InChI=1S/C26H29N5OS/c1-32-23-11-9-22(10-12-23)19-31-26(27-28-29-31)25(24-8-5-17-33-24)30-15-13-21(14-16-30)18-20-6-3-2-4-7-20/h2-12,17,21,25H,13-16,18-19H2,1H3. The zero-order valence-corrected chi connectivity index (χ0v) is 19.7. The van der Waals surface area contributed by atoms with Gasteiger partial charge in [-0.1, -0.05) is 48.5 Å². The van der Waals surface area contributed by atoms with Crippen molar-refractivity contribution in [2.45, 2.75) is 31.8 Å². The van der Waals surface area contributed by atoms with Gasteiger partial charge in [0.25, 0.3) is 0 Å². The van der Waals surface area contributed by atoms with Gasteiger partial charge in [0.2, 0.25) is 0 Å². The van der Waals surface area contributed by atoms with Crippen molar-refractivity contribution in [2.75, 3.05) is 20.2 Å². The summed E-state index contributed by atoms with van der Waals surface area (Å²) in [4.78, 5) is 3.85. The summed E-state index contributed by atoms with van der Waals surface area (Å²) in [5.74, 6) is 2.49. The first kappa shape index (κ1) is 21.8. The number of benzene rings is 2. The van der Waals surface area contributed by atoms with Gasteiger partial charge < -0.3 is 4.74 Å². The normalized spacial score (nSPS) is 16.0. The van der Waals surface area contributed by atoms with Crippen molar-refractivity contribution in [3.05, 3.63) is 93.9 Å². The number of nitrogens with zero attached hydrogens (tertiary/aromatic N) is 5. The molecule has 1 unspecified atom stereocenters. The van der Waals surface area contributed by atoms with Gasteiger partial charge in [0.1, 0.15) is 11.8 Å². The van der Waals surface area contributed by atoms with E-state index in [2.05, 4.69) is 80.4 Å². The number of hydrogen-bond acceptors (Lipinski definition) is 6. The molecule has 2 aromatic carbocycles. The van der Waals surface area contributed by atoms with E-state index in [1.807, 2.05) is 16.8 Å². The van der Waals surface area contributed by atoms with E-state index in [-0.39, 0.29) is 6.04 Å². The third-order valence-corrected chi connectivity index (χ3v) is 7.41. The van der Waals surface area contributed by atoms with Crippen molar-refractivity contribution < 1.29 is 4.74 Å². The Hall–Kier alpha value is -3.03. The first-order valence-corrected chi connectivity index (χ1v) is 12.4. The van der Waals surface area contributed by atoms with Gasteiger partial charge in [-0.15, -0.1) is 16.4 Å². The van der Waals surface area contributed by atoms with Crippen molar-refractivity contribution >= 4 is 11.3 Å². The van der Waals surface area contributed by atoms with Crippen LogP contribution in [0.3, 0.4) is 0 Å². The van der Waals surface area contributed by atoms with Gasteiger partial charge in [-0.25, -0.2) is 4.68 Å². The number of thiophene rings is 1. The molecule has 170 valence electrons. The summed E-state index contributed by atoms with van der Waals surface area (Å²) in [5.41, 5.74) is 2.59. The van der Waals surface area contributed by atoms with Crippen LogP contribution in [0.15, 0.2) is 72.1 Å². The summed E-state index contributed by atoms with van der Waals surface area (Å²) in [7, 11) is 1.68. The molecule has 0 spiro atoms. The quantitative estimate of drug-likeness (QED) is 0.378. The van der Waals surface area contributed by atoms with Gasteiger partial charge in [-0.05, 0) is 83.4 Å². The first-order valence-electron chi connectivity index (χ1n) is 11.5. The zero-order chi connectivity index (χ0) is 22.5. The van der Waals surface area contributed by atoms with Crippen LogP contribution in [0.25, 0.3) is 0 Å². The van der Waals surface area contributed by atoms with Crippen molar-refractivity contribution in [3.63, 3.8) is 0 Å². The maximum atomic E-state index is 5.29. The largest absolute Gasteiger partial charge is 0.497 e. The number of rotatable bonds is 8. The molecule has 0 aliphatic carbocycles. The zero-order valence-electron chi connectivity index (χ0n) is 18.9. The summed E-state index contributed by atoms with van der Waals surface area (Å²) < 4.78 is 7.23. The Morgan fingerprint density at radius 3 is 2.45 bits per heavy atom. The molecule has 1 fully saturated rings. The highest BCUT2D eigenvalue weighted by atomic mass is 32.1. The van der Waals surface area contributed by atoms with Gasteiger partial charge in [0.15, 0.2) is 5.82 Å². The summed E-state index contributed by atoms with van der Waals surface area (Å²) in [6.45, 7) is 2.74. The maximum Gasteiger partial charge on any atom is 0.174 e.